The normalized spacial score (nSPS) is 17.1. The predicted octanol–water partition coefficient (Wildman–Crippen LogP) is 0.909. The monoisotopic (exact) mass is 262 g/mol. The number of hydrogen-bond donors (Lipinski definition) is 3. The smallest absolute Gasteiger partial charge is 0.191 e. The number of aliphatic hydroxyl groups is 1. The highest BCUT2D eigenvalue weighted by Gasteiger charge is 2.41. The molecule has 3 N–H and O–H groups in total. The van der Waals surface area contributed by atoms with E-state index in [-0.39, 0.29) is 12.0 Å². The van der Waals surface area contributed by atoms with Crippen molar-refractivity contribution in [2.75, 3.05) is 19.7 Å². The Labute approximate surface area is 114 Å². The summed E-state index contributed by atoms with van der Waals surface area (Å²) in [6, 6.07) is 5.82. The summed E-state index contributed by atoms with van der Waals surface area (Å²) in [4.78, 5) is 8.74. The zero-order valence-corrected chi connectivity index (χ0v) is 11.4. The first-order chi connectivity index (χ1) is 9.28. The summed E-state index contributed by atoms with van der Waals surface area (Å²) < 4.78 is 0. The van der Waals surface area contributed by atoms with E-state index in [1.807, 2.05) is 25.1 Å². The molecule has 5 heteroatoms. The van der Waals surface area contributed by atoms with Crippen LogP contribution in [0, 0.1) is 5.41 Å². The van der Waals surface area contributed by atoms with Gasteiger partial charge in [0.05, 0.1) is 18.8 Å². The van der Waals surface area contributed by atoms with Gasteiger partial charge in [-0.15, -0.1) is 0 Å². The molecule has 0 aromatic carbocycles. The molecular formula is C14H22N4O. The molecule has 1 aromatic heterocycles. The number of rotatable bonds is 6. The van der Waals surface area contributed by atoms with E-state index in [1.165, 1.54) is 0 Å². The van der Waals surface area contributed by atoms with Crippen LogP contribution in [0.5, 0.6) is 0 Å². The van der Waals surface area contributed by atoms with Gasteiger partial charge in [0.15, 0.2) is 5.96 Å². The molecule has 104 valence electrons. The molecule has 0 spiro atoms. The van der Waals surface area contributed by atoms with E-state index < -0.39 is 0 Å². The Morgan fingerprint density at radius 3 is 2.84 bits per heavy atom. The first-order valence-corrected chi connectivity index (χ1v) is 6.81. The highest BCUT2D eigenvalue weighted by atomic mass is 16.3. The molecule has 0 bridgehead atoms. The maximum atomic E-state index is 9.30. The number of aliphatic hydroxyl groups excluding tert-OH is 1. The summed E-state index contributed by atoms with van der Waals surface area (Å²) in [5.74, 6) is 0.785. The Morgan fingerprint density at radius 1 is 1.42 bits per heavy atom. The second-order valence-electron chi connectivity index (χ2n) is 5.03. The van der Waals surface area contributed by atoms with Crippen molar-refractivity contribution in [2.24, 2.45) is 10.4 Å². The maximum absolute atomic E-state index is 9.30. The van der Waals surface area contributed by atoms with Gasteiger partial charge in [0.2, 0.25) is 0 Å². The van der Waals surface area contributed by atoms with Gasteiger partial charge in [0.25, 0.3) is 0 Å². The summed E-state index contributed by atoms with van der Waals surface area (Å²) >= 11 is 0. The Hall–Kier alpha value is -1.62. The van der Waals surface area contributed by atoms with Gasteiger partial charge in [-0.25, -0.2) is 4.99 Å². The largest absolute Gasteiger partial charge is 0.396 e. The summed E-state index contributed by atoms with van der Waals surface area (Å²) in [5, 5.41) is 15.8. The van der Waals surface area contributed by atoms with Crippen LogP contribution in [-0.2, 0) is 6.54 Å². The summed E-state index contributed by atoms with van der Waals surface area (Å²) in [6.07, 6.45) is 3.96. The second kappa shape index (κ2) is 6.52. The first kappa shape index (κ1) is 13.8. The Morgan fingerprint density at radius 2 is 2.26 bits per heavy atom. The first-order valence-electron chi connectivity index (χ1n) is 6.81. The quantitative estimate of drug-likeness (QED) is 0.526. The summed E-state index contributed by atoms with van der Waals surface area (Å²) in [6.45, 7) is 4.44. The molecule has 1 aliphatic carbocycles. The van der Waals surface area contributed by atoms with Crippen LogP contribution in [0.1, 0.15) is 25.5 Å². The number of hydrogen-bond acceptors (Lipinski definition) is 3. The molecule has 1 heterocycles. The van der Waals surface area contributed by atoms with Crippen molar-refractivity contribution < 1.29 is 5.11 Å². The van der Waals surface area contributed by atoms with E-state index in [2.05, 4.69) is 20.6 Å². The minimum Gasteiger partial charge on any atom is -0.396 e. The van der Waals surface area contributed by atoms with Gasteiger partial charge in [-0.2, -0.15) is 0 Å². The van der Waals surface area contributed by atoms with Gasteiger partial charge < -0.3 is 15.7 Å². The Balaban J connectivity index is 1.87. The van der Waals surface area contributed by atoms with Gasteiger partial charge in [-0.05, 0) is 31.9 Å². The SMILES string of the molecule is CCNC(=NCc1ccccn1)NCC1(CO)CC1. The lowest BCUT2D eigenvalue weighted by Gasteiger charge is -2.16. The van der Waals surface area contributed by atoms with Gasteiger partial charge in [0, 0.05) is 24.7 Å². The van der Waals surface area contributed by atoms with Crippen LogP contribution in [0.3, 0.4) is 0 Å². The lowest BCUT2D eigenvalue weighted by Crippen LogP contribution is -2.41. The van der Waals surface area contributed by atoms with Crippen molar-refractivity contribution in [1.29, 1.82) is 0 Å². The molecule has 0 aliphatic heterocycles. The van der Waals surface area contributed by atoms with Crippen LogP contribution in [0.4, 0.5) is 0 Å². The van der Waals surface area contributed by atoms with Crippen molar-refractivity contribution in [3.8, 4) is 0 Å². The van der Waals surface area contributed by atoms with Crippen LogP contribution in [0.2, 0.25) is 0 Å². The number of aromatic nitrogens is 1. The van der Waals surface area contributed by atoms with E-state index >= 15 is 0 Å². The predicted molar refractivity (Wildman–Crippen MR) is 75.8 cm³/mol. The molecule has 1 aromatic rings. The van der Waals surface area contributed by atoms with Gasteiger partial charge in [0.1, 0.15) is 0 Å². The molecular weight excluding hydrogens is 240 g/mol. The van der Waals surface area contributed by atoms with Crippen molar-refractivity contribution in [3.05, 3.63) is 30.1 Å². The van der Waals surface area contributed by atoms with E-state index in [9.17, 15) is 5.11 Å². The van der Waals surface area contributed by atoms with Crippen LogP contribution in [0.25, 0.3) is 0 Å². The molecule has 19 heavy (non-hydrogen) atoms. The zero-order valence-electron chi connectivity index (χ0n) is 11.4. The number of nitrogens with zero attached hydrogens (tertiary/aromatic N) is 2. The number of pyridine rings is 1. The van der Waals surface area contributed by atoms with Crippen LogP contribution in [-0.4, -0.2) is 35.7 Å². The van der Waals surface area contributed by atoms with Crippen LogP contribution in [0.15, 0.2) is 29.4 Å². The molecule has 0 amide bonds. The second-order valence-corrected chi connectivity index (χ2v) is 5.03. The Bertz CT molecular complexity index is 415. The zero-order chi connectivity index (χ0) is 13.6. The molecule has 1 saturated carbocycles. The molecule has 0 atom stereocenters. The van der Waals surface area contributed by atoms with Crippen molar-refractivity contribution in [1.82, 2.24) is 15.6 Å². The lowest BCUT2D eigenvalue weighted by molar-refractivity contribution is 0.212. The molecule has 0 radical (unpaired) electrons. The van der Waals surface area contributed by atoms with Crippen LogP contribution < -0.4 is 10.6 Å². The minimum absolute atomic E-state index is 0.0845. The Kier molecular flexibility index (Phi) is 4.74. The van der Waals surface area contributed by atoms with E-state index in [0.717, 1.165) is 37.6 Å². The third-order valence-corrected chi connectivity index (χ3v) is 3.39. The fourth-order valence-electron chi connectivity index (χ4n) is 1.83. The summed E-state index contributed by atoms with van der Waals surface area (Å²) in [5.41, 5.74) is 1.03. The van der Waals surface area contributed by atoms with Crippen molar-refractivity contribution >= 4 is 5.96 Å². The third kappa shape index (κ3) is 4.21. The highest BCUT2D eigenvalue weighted by molar-refractivity contribution is 5.79. The van der Waals surface area contributed by atoms with E-state index in [1.54, 1.807) is 6.20 Å². The number of guanidine groups is 1. The van der Waals surface area contributed by atoms with Gasteiger partial charge in [-0.3, -0.25) is 4.98 Å². The molecule has 0 unspecified atom stereocenters. The maximum Gasteiger partial charge on any atom is 0.191 e. The molecule has 5 nitrogen and oxygen atoms in total. The third-order valence-electron chi connectivity index (χ3n) is 3.39. The molecule has 1 aliphatic rings. The standard InChI is InChI=1S/C14H22N4O/c1-2-15-13(18-10-14(11-19)6-7-14)17-9-12-5-3-4-8-16-12/h3-5,8,19H,2,6-7,9-11H2,1H3,(H2,15,17,18). The topological polar surface area (TPSA) is 69.5 Å². The fraction of sp³-hybridized carbons (Fsp3) is 0.571. The molecule has 1 fully saturated rings. The van der Waals surface area contributed by atoms with Crippen molar-refractivity contribution in [3.63, 3.8) is 0 Å². The van der Waals surface area contributed by atoms with Crippen LogP contribution >= 0.6 is 0 Å². The molecule has 2 rings (SSSR count). The summed E-state index contributed by atoms with van der Waals surface area (Å²) in [7, 11) is 0. The average molecular weight is 262 g/mol. The average Bonchev–Trinajstić information content (AvgIpc) is 3.24. The van der Waals surface area contributed by atoms with Gasteiger partial charge in [-0.1, -0.05) is 6.07 Å². The number of aliphatic imine (C=N–C) groups is 1. The van der Waals surface area contributed by atoms with E-state index in [0.29, 0.717) is 6.54 Å². The lowest BCUT2D eigenvalue weighted by atomic mass is 10.1. The number of nitrogens with one attached hydrogen (secondary N) is 2. The van der Waals surface area contributed by atoms with Crippen molar-refractivity contribution in [2.45, 2.75) is 26.3 Å². The fourth-order valence-corrected chi connectivity index (χ4v) is 1.83. The highest BCUT2D eigenvalue weighted by Crippen LogP contribution is 2.44. The molecule has 0 saturated heterocycles. The van der Waals surface area contributed by atoms with Gasteiger partial charge >= 0.3 is 0 Å². The van der Waals surface area contributed by atoms with E-state index in [4.69, 9.17) is 0 Å². The minimum atomic E-state index is 0.0845.